The Morgan fingerprint density at radius 1 is 1.20 bits per heavy atom. The van der Waals surface area contributed by atoms with Crippen molar-refractivity contribution < 1.29 is 4.79 Å². The van der Waals surface area contributed by atoms with Crippen LogP contribution in [0.3, 0.4) is 0 Å². The van der Waals surface area contributed by atoms with Crippen molar-refractivity contribution in [1.29, 1.82) is 0 Å². The molecule has 1 N–H and O–H groups in total. The normalized spacial score (nSPS) is 11.4. The van der Waals surface area contributed by atoms with E-state index >= 15 is 0 Å². The molecule has 0 aliphatic carbocycles. The third-order valence-corrected chi connectivity index (χ3v) is 1.99. The maximum Gasteiger partial charge on any atom is 0.226 e. The second kappa shape index (κ2) is 13.0. The Balaban J connectivity index is 0. The van der Waals surface area contributed by atoms with Gasteiger partial charge in [0.1, 0.15) is 0 Å². The van der Waals surface area contributed by atoms with Crippen LogP contribution in [0, 0.1) is 0 Å². The van der Waals surface area contributed by atoms with E-state index in [1.54, 1.807) is 0 Å². The number of nitrogens with one attached hydrogen (secondary N) is 1. The number of amides is 1. The van der Waals surface area contributed by atoms with Crippen molar-refractivity contribution in [2.45, 2.75) is 34.6 Å². The standard InChI is InChI=1S/C10H15NOS.C2H6/c1-4-6-8-10(7-5-2)13-11-9(3)12;1-2/h4-8H,1-3H3,(H,11,12);1-2H3/b6-4-,7-5-,10-8+;. The van der Waals surface area contributed by atoms with Gasteiger partial charge in [-0.2, -0.15) is 0 Å². The molecule has 2 nitrogen and oxygen atoms in total. The van der Waals surface area contributed by atoms with Crippen molar-refractivity contribution in [3.05, 3.63) is 35.3 Å². The van der Waals surface area contributed by atoms with Gasteiger partial charge in [-0.1, -0.05) is 38.2 Å². The van der Waals surface area contributed by atoms with Gasteiger partial charge in [-0.15, -0.1) is 0 Å². The molecule has 0 atom stereocenters. The van der Waals surface area contributed by atoms with Crippen molar-refractivity contribution in [2.75, 3.05) is 0 Å². The molecule has 0 unspecified atom stereocenters. The highest BCUT2D eigenvalue weighted by Gasteiger charge is 1.93. The lowest BCUT2D eigenvalue weighted by molar-refractivity contribution is -0.117. The maximum atomic E-state index is 10.6. The Labute approximate surface area is 97.7 Å². The quantitative estimate of drug-likeness (QED) is 0.584. The molecular weight excluding hydrogens is 206 g/mol. The van der Waals surface area contributed by atoms with Gasteiger partial charge in [0.15, 0.2) is 0 Å². The second-order valence-electron chi connectivity index (χ2n) is 2.36. The minimum absolute atomic E-state index is 0.0409. The number of carbonyl (C=O) groups excluding carboxylic acids is 1. The molecule has 0 aromatic heterocycles. The fraction of sp³-hybridized carbons (Fsp3) is 0.417. The summed E-state index contributed by atoms with van der Waals surface area (Å²) in [6, 6.07) is 0. The molecule has 3 heteroatoms. The number of hydrogen-bond acceptors (Lipinski definition) is 2. The minimum atomic E-state index is -0.0409. The third-order valence-electron chi connectivity index (χ3n) is 1.10. The van der Waals surface area contributed by atoms with Gasteiger partial charge in [0.25, 0.3) is 0 Å². The summed E-state index contributed by atoms with van der Waals surface area (Å²) in [4.78, 5) is 11.6. The SMILES string of the molecule is CC.C\C=C/C=C(\C=C/C)SNC(C)=O. The second-order valence-corrected chi connectivity index (χ2v) is 3.23. The highest BCUT2D eigenvalue weighted by molar-refractivity contribution is 8.01. The summed E-state index contributed by atoms with van der Waals surface area (Å²) in [5.41, 5.74) is 0. The van der Waals surface area contributed by atoms with E-state index in [0.29, 0.717) is 0 Å². The average molecular weight is 227 g/mol. The highest BCUT2D eigenvalue weighted by atomic mass is 32.2. The largest absolute Gasteiger partial charge is 0.296 e. The zero-order chi connectivity index (χ0) is 12.1. The summed E-state index contributed by atoms with van der Waals surface area (Å²) in [7, 11) is 0. The van der Waals surface area contributed by atoms with E-state index in [1.165, 1.54) is 18.9 Å². The van der Waals surface area contributed by atoms with Crippen LogP contribution >= 0.6 is 11.9 Å². The van der Waals surface area contributed by atoms with Gasteiger partial charge in [-0.05, 0) is 31.9 Å². The molecular formula is C12H21NOS. The molecule has 0 radical (unpaired) electrons. The molecule has 0 aromatic carbocycles. The molecule has 0 aliphatic rings. The fourth-order valence-electron chi connectivity index (χ4n) is 0.610. The first-order valence-electron chi connectivity index (χ1n) is 5.09. The van der Waals surface area contributed by atoms with Gasteiger partial charge in [0, 0.05) is 11.8 Å². The van der Waals surface area contributed by atoms with Crippen LogP contribution in [0.25, 0.3) is 0 Å². The molecule has 0 saturated carbocycles. The molecule has 86 valence electrons. The molecule has 15 heavy (non-hydrogen) atoms. The molecule has 0 spiro atoms. The number of allylic oxidation sites excluding steroid dienone is 5. The average Bonchev–Trinajstić information content (AvgIpc) is 2.25. The molecule has 0 aromatic rings. The van der Waals surface area contributed by atoms with Crippen molar-refractivity contribution in [3.63, 3.8) is 0 Å². The maximum absolute atomic E-state index is 10.6. The third kappa shape index (κ3) is 13.0. The topological polar surface area (TPSA) is 29.1 Å². The number of hydrogen-bond donors (Lipinski definition) is 1. The van der Waals surface area contributed by atoms with E-state index in [9.17, 15) is 4.79 Å². The molecule has 0 rings (SSSR count). The Morgan fingerprint density at radius 2 is 1.80 bits per heavy atom. The van der Waals surface area contributed by atoms with Crippen LogP contribution in [0.15, 0.2) is 35.3 Å². The first-order valence-corrected chi connectivity index (χ1v) is 5.91. The summed E-state index contributed by atoms with van der Waals surface area (Å²) >= 11 is 1.32. The monoisotopic (exact) mass is 227 g/mol. The van der Waals surface area contributed by atoms with E-state index in [2.05, 4.69) is 4.72 Å². The zero-order valence-corrected chi connectivity index (χ0v) is 11.0. The van der Waals surface area contributed by atoms with Gasteiger partial charge in [-0.3, -0.25) is 9.52 Å². The Kier molecular flexibility index (Phi) is 14.3. The number of rotatable bonds is 4. The van der Waals surface area contributed by atoms with Crippen molar-refractivity contribution in [3.8, 4) is 0 Å². The Bertz CT molecular complexity index is 242. The summed E-state index contributed by atoms with van der Waals surface area (Å²) in [6.07, 6.45) is 9.70. The van der Waals surface area contributed by atoms with Crippen LogP contribution in [0.5, 0.6) is 0 Å². The van der Waals surface area contributed by atoms with E-state index in [0.717, 1.165) is 4.91 Å². The predicted molar refractivity (Wildman–Crippen MR) is 70.5 cm³/mol. The van der Waals surface area contributed by atoms with Crippen LogP contribution in [0.4, 0.5) is 0 Å². The summed E-state index contributed by atoms with van der Waals surface area (Å²) in [5, 5.41) is 0. The van der Waals surface area contributed by atoms with Gasteiger partial charge in [0.05, 0.1) is 0 Å². The Hall–Kier alpha value is -0.960. The van der Waals surface area contributed by atoms with E-state index in [-0.39, 0.29) is 5.91 Å². The molecule has 0 aliphatic heterocycles. The summed E-state index contributed by atoms with van der Waals surface area (Å²) < 4.78 is 2.66. The van der Waals surface area contributed by atoms with Crippen LogP contribution in [-0.4, -0.2) is 5.91 Å². The van der Waals surface area contributed by atoms with Gasteiger partial charge in [-0.25, -0.2) is 0 Å². The zero-order valence-electron chi connectivity index (χ0n) is 10.2. The minimum Gasteiger partial charge on any atom is -0.296 e. The highest BCUT2D eigenvalue weighted by Crippen LogP contribution is 2.12. The molecule has 1 amide bonds. The van der Waals surface area contributed by atoms with E-state index in [1.807, 2.05) is 58.1 Å². The van der Waals surface area contributed by atoms with Gasteiger partial charge < -0.3 is 0 Å². The number of carbonyl (C=O) groups is 1. The van der Waals surface area contributed by atoms with E-state index < -0.39 is 0 Å². The van der Waals surface area contributed by atoms with Crippen molar-refractivity contribution in [2.24, 2.45) is 0 Å². The smallest absolute Gasteiger partial charge is 0.226 e. The van der Waals surface area contributed by atoms with Crippen LogP contribution < -0.4 is 4.72 Å². The lowest BCUT2D eigenvalue weighted by Gasteiger charge is -2.00. The molecule has 0 fully saturated rings. The van der Waals surface area contributed by atoms with Crippen molar-refractivity contribution >= 4 is 17.9 Å². The fourth-order valence-corrected chi connectivity index (χ4v) is 1.22. The van der Waals surface area contributed by atoms with Gasteiger partial charge >= 0.3 is 0 Å². The summed E-state index contributed by atoms with van der Waals surface area (Å²) in [5.74, 6) is -0.0409. The van der Waals surface area contributed by atoms with Crippen molar-refractivity contribution in [1.82, 2.24) is 4.72 Å². The lowest BCUT2D eigenvalue weighted by atomic mass is 10.4. The predicted octanol–water partition coefficient (Wildman–Crippen LogP) is 3.83. The van der Waals surface area contributed by atoms with Crippen LogP contribution in [0.2, 0.25) is 0 Å². The molecule has 0 saturated heterocycles. The molecule has 0 bridgehead atoms. The summed E-state index contributed by atoms with van der Waals surface area (Å²) in [6.45, 7) is 9.39. The van der Waals surface area contributed by atoms with Gasteiger partial charge in [0.2, 0.25) is 5.91 Å². The molecule has 0 heterocycles. The van der Waals surface area contributed by atoms with Crippen LogP contribution in [0.1, 0.15) is 34.6 Å². The lowest BCUT2D eigenvalue weighted by Crippen LogP contribution is -2.09. The first-order chi connectivity index (χ1) is 7.20. The Morgan fingerprint density at radius 3 is 2.20 bits per heavy atom. The van der Waals surface area contributed by atoms with Crippen LogP contribution in [-0.2, 0) is 4.79 Å². The van der Waals surface area contributed by atoms with E-state index in [4.69, 9.17) is 0 Å². The first kappa shape index (κ1) is 16.5.